The normalized spacial score (nSPS) is 11.8. The van der Waals surface area contributed by atoms with Gasteiger partial charge in [-0.15, -0.1) is 0 Å². The fraction of sp³-hybridized carbons (Fsp3) is 0.765. The number of furan rings is 1. The summed E-state index contributed by atoms with van der Waals surface area (Å²) >= 11 is 0. The summed E-state index contributed by atoms with van der Waals surface area (Å²) in [6.45, 7) is 14.3. The predicted octanol–water partition coefficient (Wildman–Crippen LogP) is 3.19. The minimum Gasteiger partial charge on any atom is -0.465 e. The quantitative estimate of drug-likeness (QED) is 0.636. The second kappa shape index (κ2) is 9.98. The summed E-state index contributed by atoms with van der Waals surface area (Å²) in [5, 5.41) is 3.43. The molecule has 0 spiro atoms. The molecule has 0 aromatic carbocycles. The largest absolute Gasteiger partial charge is 0.465 e. The molecule has 0 atom stereocenters. The smallest absolute Gasteiger partial charge is 0.118 e. The van der Waals surface area contributed by atoms with E-state index in [1.54, 1.807) is 7.11 Å². The van der Waals surface area contributed by atoms with Crippen LogP contribution in [0, 0.1) is 12.8 Å². The van der Waals surface area contributed by atoms with Crippen molar-refractivity contribution in [3.63, 3.8) is 0 Å². The highest BCUT2D eigenvalue weighted by Crippen LogP contribution is 2.17. The van der Waals surface area contributed by atoms with E-state index in [4.69, 9.17) is 9.15 Å². The lowest BCUT2D eigenvalue weighted by atomic mass is 10.2. The van der Waals surface area contributed by atoms with Crippen molar-refractivity contribution in [1.82, 2.24) is 10.2 Å². The summed E-state index contributed by atoms with van der Waals surface area (Å²) in [7, 11) is 1.75. The minimum absolute atomic E-state index is 0.642. The molecule has 1 aromatic heterocycles. The molecule has 0 aliphatic heterocycles. The number of hydrogen-bond donors (Lipinski definition) is 1. The molecule has 4 heteroatoms. The SMILES string of the molecule is CCCNCc1cc(CN(CCOC)CC(C)C)oc1C. The zero-order valence-electron chi connectivity index (χ0n) is 14.4. The Morgan fingerprint density at radius 1 is 1.38 bits per heavy atom. The van der Waals surface area contributed by atoms with Crippen molar-refractivity contribution >= 4 is 0 Å². The maximum atomic E-state index is 5.91. The number of nitrogens with zero attached hydrogens (tertiary/aromatic N) is 1. The highest BCUT2D eigenvalue weighted by Gasteiger charge is 2.13. The van der Waals surface area contributed by atoms with Gasteiger partial charge in [-0.25, -0.2) is 0 Å². The minimum atomic E-state index is 0.642. The van der Waals surface area contributed by atoms with E-state index in [9.17, 15) is 0 Å². The summed E-state index contributed by atoms with van der Waals surface area (Å²) < 4.78 is 11.1. The first kappa shape index (κ1) is 18.2. The zero-order chi connectivity index (χ0) is 15.7. The van der Waals surface area contributed by atoms with Crippen LogP contribution in [0.4, 0.5) is 0 Å². The van der Waals surface area contributed by atoms with E-state index in [-0.39, 0.29) is 0 Å². The van der Waals surface area contributed by atoms with Crippen molar-refractivity contribution in [2.75, 3.05) is 33.4 Å². The van der Waals surface area contributed by atoms with Gasteiger partial charge in [0.15, 0.2) is 0 Å². The van der Waals surface area contributed by atoms with E-state index in [0.29, 0.717) is 5.92 Å². The van der Waals surface area contributed by atoms with E-state index in [0.717, 1.165) is 57.3 Å². The maximum absolute atomic E-state index is 5.91. The first-order chi connectivity index (χ1) is 10.1. The molecule has 0 saturated carbocycles. The fourth-order valence-corrected chi connectivity index (χ4v) is 2.43. The first-order valence-electron chi connectivity index (χ1n) is 8.07. The number of rotatable bonds is 11. The average Bonchev–Trinajstić information content (AvgIpc) is 2.76. The van der Waals surface area contributed by atoms with Crippen molar-refractivity contribution in [2.45, 2.75) is 47.2 Å². The van der Waals surface area contributed by atoms with E-state index >= 15 is 0 Å². The van der Waals surface area contributed by atoms with Crippen molar-refractivity contribution < 1.29 is 9.15 Å². The van der Waals surface area contributed by atoms with Gasteiger partial charge in [0.2, 0.25) is 0 Å². The molecule has 1 N–H and O–H groups in total. The molecule has 0 radical (unpaired) electrons. The highest BCUT2D eigenvalue weighted by molar-refractivity contribution is 5.20. The lowest BCUT2D eigenvalue weighted by molar-refractivity contribution is 0.130. The maximum Gasteiger partial charge on any atom is 0.118 e. The molecular weight excluding hydrogens is 264 g/mol. The van der Waals surface area contributed by atoms with Crippen LogP contribution < -0.4 is 5.32 Å². The number of hydrogen-bond acceptors (Lipinski definition) is 4. The molecular formula is C17H32N2O2. The van der Waals surface area contributed by atoms with Crippen LogP contribution in [0.25, 0.3) is 0 Å². The van der Waals surface area contributed by atoms with Crippen LogP contribution in [0.2, 0.25) is 0 Å². The molecule has 0 aliphatic carbocycles. The first-order valence-corrected chi connectivity index (χ1v) is 8.07. The molecule has 0 fully saturated rings. The van der Waals surface area contributed by atoms with E-state index in [2.05, 4.69) is 37.1 Å². The summed E-state index contributed by atoms with van der Waals surface area (Å²) in [6.07, 6.45) is 1.16. The Bertz CT molecular complexity index is 388. The number of ether oxygens (including phenoxy) is 1. The highest BCUT2D eigenvalue weighted by atomic mass is 16.5. The molecule has 0 aliphatic rings. The monoisotopic (exact) mass is 296 g/mol. The Labute approximate surface area is 129 Å². The summed E-state index contributed by atoms with van der Waals surface area (Å²) in [6, 6.07) is 2.19. The van der Waals surface area contributed by atoms with Gasteiger partial charge in [-0.3, -0.25) is 4.90 Å². The van der Waals surface area contributed by atoms with Gasteiger partial charge in [0, 0.05) is 32.3 Å². The molecule has 122 valence electrons. The third-order valence-corrected chi connectivity index (χ3v) is 3.43. The third kappa shape index (κ3) is 7.11. The van der Waals surface area contributed by atoms with Crippen molar-refractivity contribution in [3.8, 4) is 0 Å². The van der Waals surface area contributed by atoms with Crippen LogP contribution in [-0.2, 0) is 17.8 Å². The molecule has 0 bridgehead atoms. The number of aryl methyl sites for hydroxylation is 1. The van der Waals surface area contributed by atoms with Gasteiger partial charge in [-0.1, -0.05) is 20.8 Å². The number of nitrogens with one attached hydrogen (secondary N) is 1. The van der Waals surface area contributed by atoms with Gasteiger partial charge in [-0.05, 0) is 31.9 Å². The molecule has 21 heavy (non-hydrogen) atoms. The molecule has 0 amide bonds. The molecule has 4 nitrogen and oxygen atoms in total. The van der Waals surface area contributed by atoms with E-state index in [1.165, 1.54) is 5.56 Å². The Balaban J connectivity index is 2.59. The predicted molar refractivity (Wildman–Crippen MR) is 87.4 cm³/mol. The third-order valence-electron chi connectivity index (χ3n) is 3.43. The summed E-state index contributed by atoms with van der Waals surface area (Å²) in [5.74, 6) is 2.73. The zero-order valence-corrected chi connectivity index (χ0v) is 14.4. The van der Waals surface area contributed by atoms with Crippen molar-refractivity contribution in [1.29, 1.82) is 0 Å². The summed E-state index contributed by atoms with van der Waals surface area (Å²) in [5.41, 5.74) is 1.27. The standard InChI is InChI=1S/C17H32N2O2/c1-6-7-18-11-16-10-17(21-15(16)4)13-19(8-9-20-5)12-14(2)3/h10,14,18H,6-9,11-13H2,1-5H3. The van der Waals surface area contributed by atoms with Gasteiger partial charge in [-0.2, -0.15) is 0 Å². The average molecular weight is 296 g/mol. The lowest BCUT2D eigenvalue weighted by Crippen LogP contribution is -2.30. The van der Waals surface area contributed by atoms with Gasteiger partial charge in [0.05, 0.1) is 13.2 Å². The molecule has 1 aromatic rings. The topological polar surface area (TPSA) is 37.6 Å². The summed E-state index contributed by atoms with van der Waals surface area (Å²) in [4.78, 5) is 2.40. The van der Waals surface area contributed by atoms with Crippen molar-refractivity contribution in [3.05, 3.63) is 23.2 Å². The molecule has 0 saturated heterocycles. The van der Waals surface area contributed by atoms with E-state index in [1.807, 2.05) is 6.92 Å². The second-order valence-corrected chi connectivity index (χ2v) is 6.09. The van der Waals surface area contributed by atoms with Gasteiger partial charge in [0.25, 0.3) is 0 Å². The Morgan fingerprint density at radius 3 is 2.76 bits per heavy atom. The number of methoxy groups -OCH3 is 1. The van der Waals surface area contributed by atoms with Crippen LogP contribution in [0.3, 0.4) is 0 Å². The van der Waals surface area contributed by atoms with Gasteiger partial charge >= 0.3 is 0 Å². The Morgan fingerprint density at radius 2 is 2.14 bits per heavy atom. The van der Waals surface area contributed by atoms with Crippen LogP contribution in [0.1, 0.15) is 44.3 Å². The van der Waals surface area contributed by atoms with Crippen LogP contribution in [0.5, 0.6) is 0 Å². The van der Waals surface area contributed by atoms with Gasteiger partial charge < -0.3 is 14.5 Å². The van der Waals surface area contributed by atoms with Crippen LogP contribution >= 0.6 is 0 Å². The Hall–Kier alpha value is -0.840. The fourth-order valence-electron chi connectivity index (χ4n) is 2.43. The Kier molecular flexibility index (Phi) is 8.66. The van der Waals surface area contributed by atoms with Crippen molar-refractivity contribution in [2.24, 2.45) is 5.92 Å². The lowest BCUT2D eigenvalue weighted by Gasteiger charge is -2.22. The second-order valence-electron chi connectivity index (χ2n) is 6.09. The molecule has 1 rings (SSSR count). The molecule has 1 heterocycles. The van der Waals surface area contributed by atoms with Crippen LogP contribution in [0.15, 0.2) is 10.5 Å². The molecule has 0 unspecified atom stereocenters. The van der Waals surface area contributed by atoms with E-state index < -0.39 is 0 Å². The van der Waals surface area contributed by atoms with Gasteiger partial charge in [0.1, 0.15) is 11.5 Å². The van der Waals surface area contributed by atoms with Crippen LogP contribution in [-0.4, -0.2) is 38.3 Å².